The van der Waals surface area contributed by atoms with E-state index in [-0.39, 0.29) is 29.3 Å². The molecule has 1 aromatic rings. The first kappa shape index (κ1) is 34.9. The van der Waals surface area contributed by atoms with Gasteiger partial charge in [-0.2, -0.15) is 0 Å². The number of nitrogens with two attached hydrogens (primary N) is 1. The molecule has 0 bridgehead atoms. The largest absolute Gasteiger partial charge is 0.445 e. The normalized spacial score (nSPS) is 42.2. The molecule has 2 aliphatic heterocycles. The summed E-state index contributed by atoms with van der Waals surface area (Å²) in [7, 11) is 1.34. The maximum atomic E-state index is 14.3. The maximum absolute atomic E-state index is 14.3. The lowest BCUT2D eigenvalue weighted by atomic mass is 9.54. The van der Waals surface area contributed by atoms with Gasteiger partial charge in [-0.15, -0.1) is 0 Å². The summed E-state index contributed by atoms with van der Waals surface area (Å²) in [6, 6.07) is 9.17. The highest BCUT2D eigenvalue weighted by Crippen LogP contribution is 2.61. The highest BCUT2D eigenvalue weighted by Gasteiger charge is 2.74. The van der Waals surface area contributed by atoms with E-state index in [9.17, 15) is 34.5 Å². The minimum absolute atomic E-state index is 0.00880. The van der Waals surface area contributed by atoms with Crippen LogP contribution in [0.2, 0.25) is 0 Å². The molecule has 5 aliphatic rings. The van der Waals surface area contributed by atoms with Crippen LogP contribution >= 0.6 is 0 Å². The van der Waals surface area contributed by atoms with Crippen molar-refractivity contribution in [3.8, 4) is 0 Å². The van der Waals surface area contributed by atoms with Crippen LogP contribution in [0.1, 0.15) is 45.1 Å². The molecule has 6 rings (SSSR count). The van der Waals surface area contributed by atoms with Crippen molar-refractivity contribution in [2.75, 3.05) is 7.11 Å². The van der Waals surface area contributed by atoms with Gasteiger partial charge >= 0.3 is 5.97 Å². The molecule has 3 fully saturated rings. The Kier molecular flexibility index (Phi) is 9.34. The number of hydrogen-bond donors (Lipinski definition) is 5. The molecule has 1 aromatic carbocycles. The van der Waals surface area contributed by atoms with E-state index >= 15 is 0 Å². The number of Topliss-reactive ketones (excluding diaryl/α,β-unsaturated/α-hetero) is 1. The molecule has 49 heavy (non-hydrogen) atoms. The Bertz CT molecular complexity index is 1630. The highest BCUT2D eigenvalue weighted by molar-refractivity contribution is 6.03. The van der Waals surface area contributed by atoms with Gasteiger partial charge in [-0.25, -0.2) is 4.79 Å². The number of ether oxygens (including phenoxy) is 2. The van der Waals surface area contributed by atoms with Gasteiger partial charge in [-0.1, -0.05) is 69.0 Å². The van der Waals surface area contributed by atoms with Gasteiger partial charge in [0.1, 0.15) is 5.41 Å². The van der Waals surface area contributed by atoms with Gasteiger partial charge in [0.2, 0.25) is 11.5 Å². The molecule has 11 heteroatoms. The quantitative estimate of drug-likeness (QED) is 0.235. The zero-order valence-corrected chi connectivity index (χ0v) is 28.1. The van der Waals surface area contributed by atoms with Crippen LogP contribution in [0.15, 0.2) is 77.9 Å². The molecular weight excluding hydrogens is 628 g/mol. The average Bonchev–Trinajstić information content (AvgIpc) is 3.50. The number of allylic oxidation sites excluding steroid dienone is 2. The summed E-state index contributed by atoms with van der Waals surface area (Å²) in [6.07, 6.45) is 2.89. The molecule has 2 heterocycles. The van der Waals surface area contributed by atoms with Crippen molar-refractivity contribution in [3.05, 3.63) is 83.5 Å². The number of rotatable bonds is 4. The lowest BCUT2D eigenvalue weighted by Gasteiger charge is -2.53. The highest BCUT2D eigenvalue weighted by atomic mass is 16.6. The molecule has 12 atom stereocenters. The van der Waals surface area contributed by atoms with Crippen LogP contribution in [-0.4, -0.2) is 82.1 Å². The third kappa shape index (κ3) is 5.24. The van der Waals surface area contributed by atoms with Crippen LogP contribution < -0.4 is 11.1 Å². The Balaban J connectivity index is 1.48. The van der Waals surface area contributed by atoms with E-state index in [0.717, 1.165) is 11.6 Å². The van der Waals surface area contributed by atoms with Crippen molar-refractivity contribution in [2.45, 2.75) is 82.0 Å². The number of aliphatic hydroxyl groups is 3. The second-order valence-electron chi connectivity index (χ2n) is 14.4. The van der Waals surface area contributed by atoms with Gasteiger partial charge in [0.05, 0.1) is 30.3 Å². The average molecular weight is 675 g/mol. The molecule has 2 amide bonds. The lowest BCUT2D eigenvalue weighted by molar-refractivity contribution is -0.213. The summed E-state index contributed by atoms with van der Waals surface area (Å²) in [5, 5.41) is 36.5. The molecular formula is C38H46N2O9. The Morgan fingerprint density at radius 1 is 1.10 bits per heavy atom. The van der Waals surface area contributed by atoms with Gasteiger partial charge in [0, 0.05) is 43.1 Å². The second-order valence-corrected chi connectivity index (χ2v) is 14.4. The van der Waals surface area contributed by atoms with Crippen LogP contribution in [0.3, 0.4) is 0 Å². The van der Waals surface area contributed by atoms with E-state index in [1.807, 2.05) is 50.3 Å². The number of fused-ring (bicyclic) bond motifs is 2. The summed E-state index contributed by atoms with van der Waals surface area (Å²) < 4.78 is 11.9. The van der Waals surface area contributed by atoms with Crippen LogP contribution in [0, 0.1) is 35.0 Å². The molecule has 0 aromatic heterocycles. The molecule has 2 saturated carbocycles. The van der Waals surface area contributed by atoms with Crippen molar-refractivity contribution < 1.29 is 44.0 Å². The van der Waals surface area contributed by atoms with E-state index in [1.54, 1.807) is 6.08 Å². The molecule has 11 nitrogen and oxygen atoms in total. The van der Waals surface area contributed by atoms with Crippen LogP contribution in [0.25, 0.3) is 0 Å². The Labute approximate surface area is 285 Å². The molecule has 1 saturated heterocycles. The number of methoxy groups -OCH3 is 1. The topological polar surface area (TPSA) is 185 Å². The monoisotopic (exact) mass is 674 g/mol. The Hall–Kier alpha value is -3.90. The van der Waals surface area contributed by atoms with Gasteiger partial charge in [0.25, 0.3) is 5.91 Å². The van der Waals surface area contributed by atoms with Crippen molar-refractivity contribution in [1.82, 2.24) is 5.32 Å². The maximum Gasteiger partial charge on any atom is 0.331 e. The minimum Gasteiger partial charge on any atom is -0.445 e. The fraction of sp³-hybridized carbons (Fsp3) is 0.526. The summed E-state index contributed by atoms with van der Waals surface area (Å²) in [6.45, 7) is 8.11. The Morgan fingerprint density at radius 2 is 1.82 bits per heavy atom. The fourth-order valence-electron chi connectivity index (χ4n) is 9.40. The standard InChI is InChI=1S/C38H46N2O9/c1-19-10-8-14-24-31(43)21(3)20(2)29-25(18-22-12-6-5-7-13-22)40-36(47)38(24,29)49-27(42)17-16-23-28(26(41)15-9-11-19)33(48-4)30-32(44)34(45)37(23,30)35(39)46/h5-8,12-14,16-17,19-20,24-25,29-34,43-45H,3,9-11,15,18H2,1-2,4H3,(H2,39,46)(H,40,47)/b14-8+,17-16-/t19-,20+,24?,25-,29?,30-,31+,32-,33-,34-,37?,38+/m0/s1. The van der Waals surface area contributed by atoms with Crippen molar-refractivity contribution in [3.63, 3.8) is 0 Å². The van der Waals surface area contributed by atoms with Crippen LogP contribution in [-0.2, 0) is 35.1 Å². The molecule has 1 spiro atoms. The van der Waals surface area contributed by atoms with Gasteiger partial charge in [0.15, 0.2) is 5.78 Å². The summed E-state index contributed by atoms with van der Waals surface area (Å²) >= 11 is 0. The fourth-order valence-corrected chi connectivity index (χ4v) is 9.40. The van der Waals surface area contributed by atoms with Crippen LogP contribution in [0.5, 0.6) is 0 Å². The van der Waals surface area contributed by atoms with Crippen molar-refractivity contribution in [2.24, 2.45) is 40.7 Å². The zero-order chi connectivity index (χ0) is 35.4. The van der Waals surface area contributed by atoms with E-state index in [2.05, 4.69) is 11.9 Å². The molecule has 0 radical (unpaired) electrons. The zero-order valence-electron chi connectivity index (χ0n) is 28.1. The first-order valence-corrected chi connectivity index (χ1v) is 17.1. The number of carbonyl (C=O) groups is 4. The SMILES string of the molecule is C=C1[C@@H](C)C2[C@H](Cc3ccccc3)NC(=O)[C@]23OC(=O)/C=C\C2=C(C(=O)CCC[C@@H](C)C/C=C/C3[C@@H]1O)[C@H](OC)[C@@H]1[C@H](O)[C@H](O)C21C(N)=O. The number of amides is 2. The first-order valence-electron chi connectivity index (χ1n) is 17.1. The minimum atomic E-state index is -1.88. The van der Waals surface area contributed by atoms with E-state index in [4.69, 9.17) is 15.2 Å². The van der Waals surface area contributed by atoms with Gasteiger partial charge in [-0.3, -0.25) is 14.4 Å². The smallest absolute Gasteiger partial charge is 0.331 e. The van der Waals surface area contributed by atoms with Crippen molar-refractivity contribution >= 4 is 23.6 Å². The summed E-state index contributed by atoms with van der Waals surface area (Å²) in [5.41, 5.74) is 3.75. The van der Waals surface area contributed by atoms with E-state index < -0.39 is 82.9 Å². The number of primary amides is 1. The Morgan fingerprint density at radius 3 is 2.49 bits per heavy atom. The van der Waals surface area contributed by atoms with Crippen LogP contribution in [0.4, 0.5) is 0 Å². The lowest BCUT2D eigenvalue weighted by Crippen LogP contribution is -2.70. The second kappa shape index (κ2) is 13.1. The number of esters is 1. The van der Waals surface area contributed by atoms with Crippen molar-refractivity contribution in [1.29, 1.82) is 0 Å². The van der Waals surface area contributed by atoms with Gasteiger partial charge < -0.3 is 35.8 Å². The van der Waals surface area contributed by atoms with Gasteiger partial charge in [-0.05, 0) is 54.2 Å². The first-order chi connectivity index (χ1) is 23.3. The summed E-state index contributed by atoms with van der Waals surface area (Å²) in [5.74, 6) is -5.73. The number of ketones is 1. The predicted octanol–water partition coefficient (Wildman–Crippen LogP) is 1.85. The number of hydrogen-bond acceptors (Lipinski definition) is 9. The third-order valence-corrected chi connectivity index (χ3v) is 11.9. The van der Waals surface area contributed by atoms with E-state index in [1.165, 1.54) is 13.2 Å². The molecule has 6 N–H and O–H groups in total. The molecule has 3 unspecified atom stereocenters. The molecule has 262 valence electrons. The number of nitrogens with one attached hydrogen (secondary N) is 1. The predicted molar refractivity (Wildman–Crippen MR) is 178 cm³/mol. The third-order valence-electron chi connectivity index (χ3n) is 11.9. The molecule has 3 aliphatic carbocycles. The number of benzene rings is 1. The van der Waals surface area contributed by atoms with E-state index in [0.29, 0.717) is 31.3 Å². The number of carbonyl (C=O) groups excluding carboxylic acids is 4. The number of aliphatic hydroxyl groups excluding tert-OH is 3. The summed E-state index contributed by atoms with van der Waals surface area (Å²) in [4.78, 5) is 55.2.